The van der Waals surface area contributed by atoms with E-state index in [9.17, 15) is 9.59 Å². The van der Waals surface area contributed by atoms with Crippen LogP contribution in [0.25, 0.3) is 0 Å². The molecule has 0 radical (unpaired) electrons. The van der Waals surface area contributed by atoms with Gasteiger partial charge in [-0.3, -0.25) is 9.59 Å². The van der Waals surface area contributed by atoms with Crippen molar-refractivity contribution in [2.75, 3.05) is 25.0 Å². The molecule has 0 saturated carbocycles. The molecule has 0 saturated heterocycles. The maximum atomic E-state index is 11.6. The van der Waals surface area contributed by atoms with Gasteiger partial charge in [0, 0.05) is 30.2 Å². The topological polar surface area (TPSA) is 70.2 Å². The molecule has 0 aliphatic carbocycles. The van der Waals surface area contributed by atoms with E-state index < -0.39 is 0 Å². The van der Waals surface area contributed by atoms with E-state index in [1.165, 1.54) is 0 Å². The number of rotatable bonds is 7. The molecule has 0 unspecified atom stereocenters. The van der Waals surface area contributed by atoms with Gasteiger partial charge in [0.25, 0.3) is 0 Å². The Hall–Kier alpha value is -1.59. The zero-order chi connectivity index (χ0) is 14.1. The highest BCUT2D eigenvalue weighted by Gasteiger charge is 2.03. The van der Waals surface area contributed by atoms with Gasteiger partial charge in [0.2, 0.25) is 11.8 Å². The van der Waals surface area contributed by atoms with Gasteiger partial charge in [-0.15, -0.1) is 0 Å². The molecule has 6 heteroatoms. The van der Waals surface area contributed by atoms with Crippen LogP contribution in [0.1, 0.15) is 13.3 Å². The number of hydrogen-bond donors (Lipinski definition) is 3. The molecule has 5 nitrogen and oxygen atoms in total. The Kier molecular flexibility index (Phi) is 6.92. The van der Waals surface area contributed by atoms with E-state index in [1.54, 1.807) is 24.3 Å². The molecule has 0 aliphatic rings. The third-order valence-electron chi connectivity index (χ3n) is 2.30. The number of benzene rings is 1. The predicted molar refractivity (Wildman–Crippen MR) is 76.3 cm³/mol. The molecule has 3 N–H and O–H groups in total. The minimum atomic E-state index is -0.168. The van der Waals surface area contributed by atoms with Crippen LogP contribution in [0.5, 0.6) is 0 Å². The SMILES string of the molecule is CCNC(=O)CCNCC(=O)Nc1cccc(Cl)c1. The number of anilines is 1. The van der Waals surface area contributed by atoms with Gasteiger partial charge in [-0.2, -0.15) is 0 Å². The monoisotopic (exact) mass is 283 g/mol. The zero-order valence-electron chi connectivity index (χ0n) is 10.8. The maximum Gasteiger partial charge on any atom is 0.238 e. The fourth-order valence-corrected chi connectivity index (χ4v) is 1.65. The minimum absolute atomic E-state index is 0.0229. The fraction of sp³-hybridized carbons (Fsp3) is 0.385. The molecule has 0 bridgehead atoms. The second kappa shape index (κ2) is 8.50. The molecular formula is C13H18ClN3O2. The van der Waals surface area contributed by atoms with Crippen molar-refractivity contribution in [3.63, 3.8) is 0 Å². The van der Waals surface area contributed by atoms with Crippen molar-refractivity contribution >= 4 is 29.1 Å². The highest BCUT2D eigenvalue weighted by atomic mass is 35.5. The van der Waals surface area contributed by atoms with Crippen LogP contribution in [-0.4, -0.2) is 31.4 Å². The Morgan fingerprint density at radius 2 is 2.05 bits per heavy atom. The fourth-order valence-electron chi connectivity index (χ4n) is 1.46. The third kappa shape index (κ3) is 6.79. The molecule has 0 aliphatic heterocycles. The number of halogens is 1. The number of amides is 2. The zero-order valence-corrected chi connectivity index (χ0v) is 11.6. The maximum absolute atomic E-state index is 11.6. The highest BCUT2D eigenvalue weighted by Crippen LogP contribution is 2.14. The molecule has 0 atom stereocenters. The van der Waals surface area contributed by atoms with E-state index >= 15 is 0 Å². The summed E-state index contributed by atoms with van der Waals surface area (Å²) >= 11 is 5.81. The summed E-state index contributed by atoms with van der Waals surface area (Å²) in [5.41, 5.74) is 0.656. The van der Waals surface area contributed by atoms with E-state index in [4.69, 9.17) is 11.6 Å². The van der Waals surface area contributed by atoms with Gasteiger partial charge in [-0.05, 0) is 25.1 Å². The first-order valence-electron chi connectivity index (χ1n) is 6.14. The number of nitrogens with one attached hydrogen (secondary N) is 3. The molecular weight excluding hydrogens is 266 g/mol. The van der Waals surface area contributed by atoms with Crippen LogP contribution in [0.4, 0.5) is 5.69 Å². The largest absolute Gasteiger partial charge is 0.356 e. The first-order chi connectivity index (χ1) is 9.11. The predicted octanol–water partition coefficient (Wildman–Crippen LogP) is 1.39. The number of carbonyl (C=O) groups is 2. The molecule has 1 aromatic rings. The average molecular weight is 284 g/mol. The lowest BCUT2D eigenvalue weighted by Gasteiger charge is -2.07. The first kappa shape index (κ1) is 15.5. The molecule has 104 valence electrons. The summed E-state index contributed by atoms with van der Waals surface area (Å²) in [6, 6.07) is 6.94. The summed E-state index contributed by atoms with van der Waals surface area (Å²) < 4.78 is 0. The molecule has 0 aromatic heterocycles. The average Bonchev–Trinajstić information content (AvgIpc) is 2.35. The molecule has 0 spiro atoms. The van der Waals surface area contributed by atoms with Gasteiger partial charge in [-0.1, -0.05) is 17.7 Å². The second-order valence-corrected chi connectivity index (χ2v) is 4.38. The Morgan fingerprint density at radius 1 is 1.26 bits per heavy atom. The van der Waals surface area contributed by atoms with E-state index in [1.807, 2.05) is 6.92 Å². The van der Waals surface area contributed by atoms with Crippen LogP contribution in [0.15, 0.2) is 24.3 Å². The first-order valence-corrected chi connectivity index (χ1v) is 6.52. The summed E-state index contributed by atoms with van der Waals surface area (Å²) in [5.74, 6) is -0.191. The van der Waals surface area contributed by atoms with Crippen LogP contribution in [-0.2, 0) is 9.59 Å². The van der Waals surface area contributed by atoms with Crippen LogP contribution < -0.4 is 16.0 Å². The smallest absolute Gasteiger partial charge is 0.238 e. The Bertz CT molecular complexity index is 438. The molecule has 0 fully saturated rings. The van der Waals surface area contributed by atoms with Crippen LogP contribution >= 0.6 is 11.6 Å². The van der Waals surface area contributed by atoms with Gasteiger partial charge < -0.3 is 16.0 Å². The second-order valence-electron chi connectivity index (χ2n) is 3.94. The van der Waals surface area contributed by atoms with E-state index in [-0.39, 0.29) is 18.4 Å². The number of carbonyl (C=O) groups excluding carboxylic acids is 2. The van der Waals surface area contributed by atoms with Gasteiger partial charge in [0.15, 0.2) is 0 Å². The van der Waals surface area contributed by atoms with Crippen molar-refractivity contribution in [3.05, 3.63) is 29.3 Å². The lowest BCUT2D eigenvalue weighted by atomic mass is 10.3. The summed E-state index contributed by atoms with van der Waals surface area (Å²) in [4.78, 5) is 22.7. The van der Waals surface area contributed by atoms with Crippen LogP contribution in [0, 0.1) is 0 Å². The lowest BCUT2D eigenvalue weighted by molar-refractivity contribution is -0.121. The van der Waals surface area contributed by atoms with Crippen molar-refractivity contribution in [1.29, 1.82) is 0 Å². The van der Waals surface area contributed by atoms with Gasteiger partial charge >= 0.3 is 0 Å². The van der Waals surface area contributed by atoms with E-state index in [0.717, 1.165) is 0 Å². The molecule has 2 amide bonds. The normalized spacial score (nSPS) is 10.0. The Balaban J connectivity index is 2.20. The standard InChI is InChI=1S/C13H18ClN3O2/c1-2-16-12(18)6-7-15-9-13(19)17-11-5-3-4-10(14)8-11/h3-5,8,15H,2,6-7,9H2,1H3,(H,16,18)(H,17,19). The summed E-state index contributed by atoms with van der Waals surface area (Å²) in [7, 11) is 0. The number of hydrogen-bond acceptors (Lipinski definition) is 3. The van der Waals surface area contributed by atoms with E-state index in [0.29, 0.717) is 30.2 Å². The van der Waals surface area contributed by atoms with Gasteiger partial charge in [0.1, 0.15) is 0 Å². The van der Waals surface area contributed by atoms with Crippen LogP contribution in [0.2, 0.25) is 5.02 Å². The van der Waals surface area contributed by atoms with Crippen LogP contribution in [0.3, 0.4) is 0 Å². The molecule has 19 heavy (non-hydrogen) atoms. The highest BCUT2D eigenvalue weighted by molar-refractivity contribution is 6.30. The van der Waals surface area contributed by atoms with Crippen molar-refractivity contribution < 1.29 is 9.59 Å². The van der Waals surface area contributed by atoms with Crippen molar-refractivity contribution in [3.8, 4) is 0 Å². The van der Waals surface area contributed by atoms with E-state index in [2.05, 4.69) is 16.0 Å². The minimum Gasteiger partial charge on any atom is -0.356 e. The third-order valence-corrected chi connectivity index (χ3v) is 2.53. The Morgan fingerprint density at radius 3 is 2.74 bits per heavy atom. The van der Waals surface area contributed by atoms with Crippen molar-refractivity contribution in [2.24, 2.45) is 0 Å². The molecule has 1 aromatic carbocycles. The summed E-state index contributed by atoms with van der Waals surface area (Å²) in [5, 5.41) is 8.87. The molecule has 0 heterocycles. The quantitative estimate of drug-likeness (QED) is 0.663. The molecule has 1 rings (SSSR count). The van der Waals surface area contributed by atoms with Crippen molar-refractivity contribution in [1.82, 2.24) is 10.6 Å². The summed E-state index contributed by atoms with van der Waals surface area (Å²) in [6.07, 6.45) is 0.359. The van der Waals surface area contributed by atoms with Gasteiger partial charge in [-0.25, -0.2) is 0 Å². The Labute approximate surface area is 117 Å². The lowest BCUT2D eigenvalue weighted by Crippen LogP contribution is -2.32. The van der Waals surface area contributed by atoms with Crippen molar-refractivity contribution in [2.45, 2.75) is 13.3 Å². The van der Waals surface area contributed by atoms with Gasteiger partial charge in [0.05, 0.1) is 6.54 Å². The summed E-state index contributed by atoms with van der Waals surface area (Å²) in [6.45, 7) is 3.11.